The Bertz CT molecular complexity index is 389. The van der Waals surface area contributed by atoms with Crippen LogP contribution in [0.5, 0.6) is 0 Å². The predicted molar refractivity (Wildman–Crippen MR) is 74.3 cm³/mol. The molecule has 100 valence electrons. The number of nitrogens with zero attached hydrogens (tertiary/aromatic N) is 3. The Labute approximate surface area is 109 Å². The molecule has 1 saturated heterocycles. The molecule has 1 aromatic rings. The van der Waals surface area contributed by atoms with Gasteiger partial charge in [-0.25, -0.2) is 4.68 Å². The van der Waals surface area contributed by atoms with Crippen LogP contribution in [0.15, 0.2) is 24.9 Å². The Kier molecular flexibility index (Phi) is 6.36. The zero-order valence-corrected chi connectivity index (χ0v) is 11.6. The standard InChI is InChI=1S/C12H17N3O.C2H6/c1-3-4-10(2)15-9-12(13-14-15)11-5-7-16-8-6-11;1-2/h3-4,9,11H,2,5-8H2,1H3;1-2H3/b4-3-;. The fraction of sp³-hybridized carbons (Fsp3) is 0.571. The first-order valence-electron chi connectivity index (χ1n) is 6.63. The maximum Gasteiger partial charge on any atom is 0.0864 e. The van der Waals surface area contributed by atoms with Crippen molar-refractivity contribution < 1.29 is 4.74 Å². The lowest BCUT2D eigenvalue weighted by atomic mass is 9.97. The second-order valence-electron chi connectivity index (χ2n) is 3.97. The molecule has 2 rings (SSSR count). The van der Waals surface area contributed by atoms with Crippen molar-refractivity contribution in [1.82, 2.24) is 15.0 Å². The van der Waals surface area contributed by atoms with Crippen molar-refractivity contribution in [3.05, 3.63) is 30.6 Å². The molecule has 0 radical (unpaired) electrons. The quantitative estimate of drug-likeness (QED) is 0.772. The smallest absolute Gasteiger partial charge is 0.0864 e. The number of hydrogen-bond acceptors (Lipinski definition) is 3. The third-order valence-electron chi connectivity index (χ3n) is 2.80. The Balaban J connectivity index is 0.000000771. The molecule has 0 bridgehead atoms. The lowest BCUT2D eigenvalue weighted by Gasteiger charge is -2.19. The number of rotatable bonds is 3. The molecule has 2 heterocycles. The van der Waals surface area contributed by atoms with Crippen LogP contribution in [0.3, 0.4) is 0 Å². The second kappa shape index (κ2) is 7.82. The molecule has 1 fully saturated rings. The van der Waals surface area contributed by atoms with Gasteiger partial charge >= 0.3 is 0 Å². The molecule has 0 saturated carbocycles. The van der Waals surface area contributed by atoms with Crippen molar-refractivity contribution in [1.29, 1.82) is 0 Å². The molecule has 0 unspecified atom stereocenters. The summed E-state index contributed by atoms with van der Waals surface area (Å²) >= 11 is 0. The van der Waals surface area contributed by atoms with Crippen LogP contribution >= 0.6 is 0 Å². The predicted octanol–water partition coefficient (Wildman–Crippen LogP) is 3.25. The molecule has 1 aromatic heterocycles. The van der Waals surface area contributed by atoms with Gasteiger partial charge in [-0.1, -0.05) is 31.7 Å². The highest BCUT2D eigenvalue weighted by Crippen LogP contribution is 2.25. The van der Waals surface area contributed by atoms with Crippen LogP contribution < -0.4 is 0 Å². The molecule has 0 N–H and O–H groups in total. The van der Waals surface area contributed by atoms with E-state index in [4.69, 9.17) is 4.74 Å². The minimum atomic E-state index is 0.487. The summed E-state index contributed by atoms with van der Waals surface area (Å²) in [5.74, 6) is 0.487. The van der Waals surface area contributed by atoms with Crippen molar-refractivity contribution >= 4 is 5.70 Å². The zero-order valence-electron chi connectivity index (χ0n) is 11.6. The van der Waals surface area contributed by atoms with Crippen molar-refractivity contribution in [2.75, 3.05) is 13.2 Å². The van der Waals surface area contributed by atoms with Gasteiger partial charge in [-0.2, -0.15) is 0 Å². The van der Waals surface area contributed by atoms with Gasteiger partial charge in [-0.3, -0.25) is 0 Å². The Hall–Kier alpha value is -1.42. The molecular formula is C14H23N3O. The molecule has 18 heavy (non-hydrogen) atoms. The van der Waals surface area contributed by atoms with Gasteiger partial charge in [0.05, 0.1) is 17.6 Å². The van der Waals surface area contributed by atoms with Gasteiger partial charge < -0.3 is 4.74 Å². The number of aromatic nitrogens is 3. The van der Waals surface area contributed by atoms with Crippen molar-refractivity contribution in [3.8, 4) is 0 Å². The molecule has 1 aliphatic rings. The lowest BCUT2D eigenvalue weighted by Crippen LogP contribution is -2.14. The van der Waals surface area contributed by atoms with E-state index in [1.165, 1.54) is 0 Å². The molecule has 0 aromatic carbocycles. The topological polar surface area (TPSA) is 39.9 Å². The van der Waals surface area contributed by atoms with Gasteiger partial charge in [-0.15, -0.1) is 5.10 Å². The van der Waals surface area contributed by atoms with Crippen LogP contribution in [0.25, 0.3) is 5.70 Å². The first-order chi connectivity index (χ1) is 8.81. The first-order valence-corrected chi connectivity index (χ1v) is 6.63. The van der Waals surface area contributed by atoms with E-state index in [0.717, 1.165) is 37.4 Å². The monoisotopic (exact) mass is 249 g/mol. The second-order valence-corrected chi connectivity index (χ2v) is 3.97. The lowest BCUT2D eigenvalue weighted by molar-refractivity contribution is 0.0845. The van der Waals surface area contributed by atoms with Crippen LogP contribution in [0.2, 0.25) is 0 Å². The largest absolute Gasteiger partial charge is 0.381 e. The third-order valence-corrected chi connectivity index (χ3v) is 2.80. The fourth-order valence-corrected chi connectivity index (χ4v) is 1.87. The van der Waals surface area contributed by atoms with Gasteiger partial charge in [0.15, 0.2) is 0 Å². The summed E-state index contributed by atoms with van der Waals surface area (Å²) in [6, 6.07) is 0. The third kappa shape index (κ3) is 3.81. The Morgan fingerprint density at radius 2 is 2.11 bits per heavy atom. The summed E-state index contributed by atoms with van der Waals surface area (Å²) in [6.07, 6.45) is 7.91. The summed E-state index contributed by atoms with van der Waals surface area (Å²) in [4.78, 5) is 0. The maximum atomic E-state index is 5.33. The van der Waals surface area contributed by atoms with Crippen molar-refractivity contribution in [2.24, 2.45) is 0 Å². The van der Waals surface area contributed by atoms with Crippen LogP contribution in [0.4, 0.5) is 0 Å². The highest BCUT2D eigenvalue weighted by atomic mass is 16.5. The first kappa shape index (κ1) is 14.6. The normalized spacial score (nSPS) is 16.4. The maximum absolute atomic E-state index is 5.33. The van der Waals surface area contributed by atoms with Crippen LogP contribution in [0, 0.1) is 0 Å². The summed E-state index contributed by atoms with van der Waals surface area (Å²) in [7, 11) is 0. The van der Waals surface area contributed by atoms with E-state index in [-0.39, 0.29) is 0 Å². The van der Waals surface area contributed by atoms with Gasteiger partial charge in [0.1, 0.15) is 0 Å². The van der Waals surface area contributed by atoms with Crippen LogP contribution in [-0.2, 0) is 4.74 Å². The summed E-state index contributed by atoms with van der Waals surface area (Å²) < 4.78 is 7.06. The molecule has 4 heteroatoms. The molecule has 4 nitrogen and oxygen atoms in total. The summed E-state index contributed by atoms with van der Waals surface area (Å²) in [6.45, 7) is 11.5. The van der Waals surface area contributed by atoms with Crippen molar-refractivity contribution in [2.45, 2.75) is 39.5 Å². The van der Waals surface area contributed by atoms with Gasteiger partial charge in [0, 0.05) is 19.1 Å². The van der Waals surface area contributed by atoms with E-state index in [2.05, 4.69) is 16.9 Å². The number of allylic oxidation sites excluding steroid dienone is 3. The number of hydrogen-bond donors (Lipinski definition) is 0. The van der Waals surface area contributed by atoms with E-state index >= 15 is 0 Å². The van der Waals surface area contributed by atoms with Crippen molar-refractivity contribution in [3.63, 3.8) is 0 Å². The van der Waals surface area contributed by atoms with Gasteiger partial charge in [-0.05, 0) is 25.8 Å². The van der Waals surface area contributed by atoms with Crippen LogP contribution in [-0.4, -0.2) is 28.2 Å². The fourth-order valence-electron chi connectivity index (χ4n) is 1.87. The average molecular weight is 249 g/mol. The number of ether oxygens (including phenoxy) is 1. The van der Waals surface area contributed by atoms with E-state index < -0.39 is 0 Å². The van der Waals surface area contributed by atoms with E-state index in [9.17, 15) is 0 Å². The Morgan fingerprint density at radius 1 is 1.44 bits per heavy atom. The SMILES string of the molecule is C=C(/C=C\C)n1cc(C2CCOCC2)nn1.CC. The van der Waals surface area contributed by atoms with E-state index in [0.29, 0.717) is 5.92 Å². The molecule has 0 amide bonds. The molecule has 0 aliphatic carbocycles. The minimum absolute atomic E-state index is 0.487. The summed E-state index contributed by atoms with van der Waals surface area (Å²) in [5, 5.41) is 8.29. The van der Waals surface area contributed by atoms with E-state index in [1.807, 2.05) is 39.1 Å². The van der Waals surface area contributed by atoms with Gasteiger partial charge in [0.2, 0.25) is 0 Å². The average Bonchev–Trinajstić information content (AvgIpc) is 2.92. The summed E-state index contributed by atoms with van der Waals surface area (Å²) in [5.41, 5.74) is 1.89. The van der Waals surface area contributed by atoms with Gasteiger partial charge in [0.25, 0.3) is 0 Å². The zero-order chi connectivity index (χ0) is 13.4. The molecular weight excluding hydrogens is 226 g/mol. The minimum Gasteiger partial charge on any atom is -0.381 e. The highest BCUT2D eigenvalue weighted by molar-refractivity contribution is 5.52. The molecule has 1 aliphatic heterocycles. The molecule has 0 spiro atoms. The highest BCUT2D eigenvalue weighted by Gasteiger charge is 2.18. The Morgan fingerprint density at radius 3 is 2.72 bits per heavy atom. The molecule has 0 atom stereocenters. The van der Waals surface area contributed by atoms with Crippen LogP contribution in [0.1, 0.15) is 45.2 Å². The van der Waals surface area contributed by atoms with E-state index in [1.54, 1.807) is 4.68 Å².